The van der Waals surface area contributed by atoms with Crippen LogP contribution in [-0.4, -0.2) is 37.5 Å². The molecule has 0 bridgehead atoms. The van der Waals surface area contributed by atoms with Gasteiger partial charge in [0.25, 0.3) is 5.91 Å². The molecule has 1 amide bonds. The summed E-state index contributed by atoms with van der Waals surface area (Å²) in [6.07, 6.45) is 1.72. The molecule has 0 unspecified atom stereocenters. The van der Waals surface area contributed by atoms with E-state index in [1.165, 1.54) is 0 Å². The molecule has 1 aliphatic heterocycles. The summed E-state index contributed by atoms with van der Waals surface area (Å²) in [6, 6.07) is 5.32. The Morgan fingerprint density at radius 3 is 2.62 bits per heavy atom. The molecule has 7 heteroatoms. The number of pyridine rings is 2. The average molecular weight is 385 g/mol. The van der Waals surface area contributed by atoms with E-state index in [9.17, 15) is 4.79 Å². The van der Waals surface area contributed by atoms with Gasteiger partial charge in [0.1, 0.15) is 19.0 Å². The van der Waals surface area contributed by atoms with Gasteiger partial charge >= 0.3 is 0 Å². The molecule has 3 heterocycles. The van der Waals surface area contributed by atoms with Crippen molar-refractivity contribution in [2.75, 3.05) is 23.4 Å². The normalized spacial score (nSPS) is 13.5. The summed E-state index contributed by atoms with van der Waals surface area (Å²) < 4.78 is 0. The first-order valence-corrected chi connectivity index (χ1v) is 12.3. The van der Waals surface area contributed by atoms with Gasteiger partial charge in [-0.25, -0.2) is 9.97 Å². The minimum atomic E-state index is -1.51. The molecular formula is C19H21ClN4OSi. The lowest BCUT2D eigenvalue weighted by Crippen LogP contribution is -2.25. The lowest BCUT2D eigenvalue weighted by atomic mass is 10.1. The van der Waals surface area contributed by atoms with Gasteiger partial charge in [0.15, 0.2) is 5.82 Å². The third-order valence-electron chi connectivity index (χ3n) is 3.99. The number of nitrogens with zero attached hydrogens (tertiary/aromatic N) is 4. The molecule has 5 nitrogen and oxygen atoms in total. The largest absolute Gasteiger partial charge is 0.309 e. The summed E-state index contributed by atoms with van der Waals surface area (Å²) in [4.78, 5) is 25.5. The van der Waals surface area contributed by atoms with E-state index in [0.29, 0.717) is 34.6 Å². The third-order valence-corrected chi connectivity index (χ3v) is 5.08. The molecule has 1 aliphatic rings. The maximum atomic E-state index is 13.1. The van der Waals surface area contributed by atoms with Crippen molar-refractivity contribution in [3.8, 4) is 11.5 Å². The zero-order chi connectivity index (χ0) is 19.1. The van der Waals surface area contributed by atoms with Gasteiger partial charge in [-0.15, -0.1) is 5.54 Å². The first-order chi connectivity index (χ1) is 12.2. The van der Waals surface area contributed by atoms with Crippen LogP contribution in [0.25, 0.3) is 0 Å². The van der Waals surface area contributed by atoms with Crippen LogP contribution in [0.4, 0.5) is 17.3 Å². The Labute approximate surface area is 160 Å². The van der Waals surface area contributed by atoms with Crippen molar-refractivity contribution in [1.82, 2.24) is 9.97 Å². The van der Waals surface area contributed by atoms with Crippen molar-refractivity contribution in [3.63, 3.8) is 0 Å². The zero-order valence-corrected chi connectivity index (χ0v) is 17.3. The topological polar surface area (TPSA) is 49.3 Å². The fourth-order valence-electron chi connectivity index (χ4n) is 2.73. The predicted molar refractivity (Wildman–Crippen MR) is 109 cm³/mol. The van der Waals surface area contributed by atoms with Crippen LogP contribution in [0.15, 0.2) is 24.4 Å². The Kier molecular flexibility index (Phi) is 4.78. The van der Waals surface area contributed by atoms with Crippen LogP contribution in [0.2, 0.25) is 24.8 Å². The number of aromatic nitrogens is 2. The van der Waals surface area contributed by atoms with Crippen LogP contribution in [-0.2, 0) is 0 Å². The van der Waals surface area contributed by atoms with Gasteiger partial charge in [0.05, 0.1) is 11.3 Å². The maximum Gasteiger partial charge on any atom is 0.261 e. The van der Waals surface area contributed by atoms with Crippen LogP contribution >= 0.6 is 11.6 Å². The molecule has 0 N–H and O–H groups in total. The molecule has 0 spiro atoms. The number of carbonyl (C=O) groups excluding carboxylic acids is 1. The van der Waals surface area contributed by atoms with Gasteiger partial charge in [-0.1, -0.05) is 37.2 Å². The summed E-state index contributed by atoms with van der Waals surface area (Å²) in [5.41, 5.74) is 5.29. The molecule has 0 aliphatic carbocycles. The monoisotopic (exact) mass is 384 g/mol. The van der Waals surface area contributed by atoms with Gasteiger partial charge in [-0.05, 0) is 25.1 Å². The van der Waals surface area contributed by atoms with Gasteiger partial charge in [0.2, 0.25) is 0 Å². The molecule has 0 atom stereocenters. The Morgan fingerprint density at radius 2 is 1.96 bits per heavy atom. The van der Waals surface area contributed by atoms with Crippen molar-refractivity contribution in [2.45, 2.75) is 26.6 Å². The van der Waals surface area contributed by atoms with E-state index in [1.54, 1.807) is 24.2 Å². The molecule has 0 saturated carbocycles. The smallest absolute Gasteiger partial charge is 0.261 e. The molecule has 2 aromatic heterocycles. The molecule has 2 aromatic rings. The maximum absolute atomic E-state index is 13.1. The van der Waals surface area contributed by atoms with Crippen LogP contribution in [0.5, 0.6) is 0 Å². The number of hydrogen-bond acceptors (Lipinski definition) is 4. The molecule has 26 heavy (non-hydrogen) atoms. The molecule has 0 aromatic carbocycles. The quantitative estimate of drug-likeness (QED) is 0.422. The van der Waals surface area contributed by atoms with E-state index in [4.69, 9.17) is 11.6 Å². The van der Waals surface area contributed by atoms with E-state index in [-0.39, 0.29) is 5.91 Å². The SMILES string of the molecule is CCN1c2ncc(C#C[Si](C)(C)C)cc2C(=O)N(C)c2ccc(Cl)nc21. The van der Waals surface area contributed by atoms with E-state index in [0.717, 1.165) is 5.56 Å². The zero-order valence-electron chi connectivity index (χ0n) is 15.6. The Balaban J connectivity index is 2.19. The molecule has 0 saturated heterocycles. The molecule has 0 fully saturated rings. The predicted octanol–water partition coefficient (Wildman–Crippen LogP) is 4.11. The second-order valence-corrected chi connectivity index (χ2v) is 12.3. The van der Waals surface area contributed by atoms with Gasteiger partial charge < -0.3 is 9.80 Å². The highest BCUT2D eigenvalue weighted by Gasteiger charge is 2.30. The lowest BCUT2D eigenvalue weighted by molar-refractivity contribution is 0.0994. The van der Waals surface area contributed by atoms with E-state index in [1.807, 2.05) is 24.0 Å². The summed E-state index contributed by atoms with van der Waals surface area (Å²) in [5, 5.41) is 0.379. The summed E-state index contributed by atoms with van der Waals surface area (Å²) in [5.74, 6) is 4.25. The highest BCUT2D eigenvalue weighted by Crippen LogP contribution is 2.38. The highest BCUT2D eigenvalue weighted by atomic mass is 35.5. The number of halogens is 1. The van der Waals surface area contributed by atoms with Crippen molar-refractivity contribution in [2.24, 2.45) is 0 Å². The third kappa shape index (κ3) is 3.46. The Hall–Kier alpha value is -2.36. The van der Waals surface area contributed by atoms with Crippen LogP contribution in [0.1, 0.15) is 22.8 Å². The summed E-state index contributed by atoms with van der Waals surface area (Å²) >= 11 is 6.10. The van der Waals surface area contributed by atoms with Gasteiger partial charge in [0, 0.05) is 25.4 Å². The van der Waals surface area contributed by atoms with Crippen molar-refractivity contribution in [1.29, 1.82) is 0 Å². The van der Waals surface area contributed by atoms with Gasteiger partial charge in [-0.3, -0.25) is 4.79 Å². The van der Waals surface area contributed by atoms with Crippen molar-refractivity contribution in [3.05, 3.63) is 40.7 Å². The van der Waals surface area contributed by atoms with Crippen LogP contribution < -0.4 is 9.80 Å². The molecular weight excluding hydrogens is 364 g/mol. The fourth-order valence-corrected chi connectivity index (χ4v) is 3.39. The Bertz CT molecular complexity index is 943. The minimum Gasteiger partial charge on any atom is -0.309 e. The molecule has 134 valence electrons. The van der Waals surface area contributed by atoms with Crippen LogP contribution in [0.3, 0.4) is 0 Å². The van der Waals surface area contributed by atoms with Crippen LogP contribution in [0, 0.1) is 11.5 Å². The summed E-state index contributed by atoms with van der Waals surface area (Å²) in [7, 11) is 0.222. The van der Waals surface area contributed by atoms with E-state index >= 15 is 0 Å². The number of amides is 1. The summed E-state index contributed by atoms with van der Waals surface area (Å²) in [6.45, 7) is 9.15. The number of hydrogen-bond donors (Lipinski definition) is 0. The average Bonchev–Trinajstić information content (AvgIpc) is 2.67. The Morgan fingerprint density at radius 1 is 1.23 bits per heavy atom. The van der Waals surface area contributed by atoms with E-state index < -0.39 is 8.07 Å². The lowest BCUT2D eigenvalue weighted by Gasteiger charge is -2.22. The standard InChI is InChI=1S/C19H21ClN4OSi/c1-6-24-17-14(11-13(12-21-17)9-10-26(3,4)5)19(25)23(2)15-7-8-16(20)22-18(15)24/h7-8,11-12H,6H2,1-5H3. The number of rotatable bonds is 1. The first-order valence-electron chi connectivity index (χ1n) is 8.46. The molecule has 0 radical (unpaired) electrons. The first kappa shape index (κ1) is 18.4. The van der Waals surface area contributed by atoms with Crippen molar-refractivity contribution >= 4 is 42.9 Å². The molecule has 3 rings (SSSR count). The fraction of sp³-hybridized carbons (Fsp3) is 0.316. The van der Waals surface area contributed by atoms with Gasteiger partial charge in [-0.2, -0.15) is 0 Å². The van der Waals surface area contributed by atoms with E-state index in [2.05, 4.69) is 41.1 Å². The number of anilines is 3. The minimum absolute atomic E-state index is 0.134. The number of fused-ring (bicyclic) bond motifs is 2. The van der Waals surface area contributed by atoms with Crippen molar-refractivity contribution < 1.29 is 4.79 Å². The second kappa shape index (κ2) is 6.75. The number of carbonyl (C=O) groups is 1. The second-order valence-electron chi connectivity index (χ2n) is 7.18. The highest BCUT2D eigenvalue weighted by molar-refractivity contribution is 6.83.